The number of para-hydroxylation sites is 1. The summed E-state index contributed by atoms with van der Waals surface area (Å²) in [7, 11) is 0. The SMILES string of the molecule is O=C(O)[C@H]1CCCN1C1CCN(c2ccccc2F)CC1. The minimum Gasteiger partial charge on any atom is -0.480 e. The van der Waals surface area contributed by atoms with Gasteiger partial charge in [0, 0.05) is 19.1 Å². The Bertz CT molecular complexity index is 515. The van der Waals surface area contributed by atoms with Crippen LogP contribution in [-0.2, 0) is 4.79 Å². The minimum absolute atomic E-state index is 0.180. The van der Waals surface area contributed by atoms with Gasteiger partial charge in [-0.2, -0.15) is 0 Å². The van der Waals surface area contributed by atoms with Crippen LogP contribution in [0.2, 0.25) is 0 Å². The van der Waals surface area contributed by atoms with Gasteiger partial charge < -0.3 is 10.0 Å². The lowest BCUT2D eigenvalue weighted by atomic mass is 10.0. The predicted octanol–water partition coefficient (Wildman–Crippen LogP) is 2.34. The summed E-state index contributed by atoms with van der Waals surface area (Å²) in [5.74, 6) is -0.885. The van der Waals surface area contributed by atoms with Crippen molar-refractivity contribution in [3.8, 4) is 0 Å². The number of aliphatic carboxylic acids is 1. The Balaban J connectivity index is 1.63. The first-order chi connectivity index (χ1) is 10.2. The lowest BCUT2D eigenvalue weighted by Gasteiger charge is -2.39. The fraction of sp³-hybridized carbons (Fsp3) is 0.562. The summed E-state index contributed by atoms with van der Waals surface area (Å²) in [5.41, 5.74) is 0.659. The van der Waals surface area contributed by atoms with E-state index in [0.29, 0.717) is 11.7 Å². The first-order valence-electron chi connectivity index (χ1n) is 7.65. The van der Waals surface area contributed by atoms with Gasteiger partial charge in [0.1, 0.15) is 11.9 Å². The van der Waals surface area contributed by atoms with Crippen LogP contribution in [-0.4, -0.2) is 47.7 Å². The van der Waals surface area contributed by atoms with Crippen molar-refractivity contribution in [2.75, 3.05) is 24.5 Å². The van der Waals surface area contributed by atoms with Crippen LogP contribution in [0.4, 0.5) is 10.1 Å². The van der Waals surface area contributed by atoms with Gasteiger partial charge in [-0.3, -0.25) is 9.69 Å². The average Bonchev–Trinajstić information content (AvgIpc) is 2.98. The smallest absolute Gasteiger partial charge is 0.320 e. The molecule has 1 aromatic carbocycles. The second kappa shape index (κ2) is 6.02. The Morgan fingerprint density at radius 1 is 1.14 bits per heavy atom. The van der Waals surface area contributed by atoms with Gasteiger partial charge in [-0.15, -0.1) is 0 Å². The molecule has 1 atom stereocenters. The van der Waals surface area contributed by atoms with E-state index < -0.39 is 5.97 Å². The van der Waals surface area contributed by atoms with Crippen molar-refractivity contribution in [1.29, 1.82) is 0 Å². The summed E-state index contributed by atoms with van der Waals surface area (Å²) in [6.45, 7) is 2.45. The Morgan fingerprint density at radius 3 is 2.52 bits per heavy atom. The molecule has 0 unspecified atom stereocenters. The van der Waals surface area contributed by atoms with Gasteiger partial charge in [0.2, 0.25) is 0 Å². The van der Waals surface area contributed by atoms with E-state index in [2.05, 4.69) is 9.80 Å². The van der Waals surface area contributed by atoms with E-state index in [1.54, 1.807) is 6.07 Å². The van der Waals surface area contributed by atoms with Gasteiger partial charge in [0.25, 0.3) is 0 Å². The maximum absolute atomic E-state index is 13.8. The molecular formula is C16H21FN2O2. The van der Waals surface area contributed by atoms with Crippen LogP contribution >= 0.6 is 0 Å². The van der Waals surface area contributed by atoms with Crippen molar-refractivity contribution in [1.82, 2.24) is 4.90 Å². The summed E-state index contributed by atoms with van der Waals surface area (Å²) in [6.07, 6.45) is 3.52. The van der Waals surface area contributed by atoms with E-state index in [-0.39, 0.29) is 11.9 Å². The van der Waals surface area contributed by atoms with Gasteiger partial charge in [-0.1, -0.05) is 12.1 Å². The average molecular weight is 292 g/mol. The van der Waals surface area contributed by atoms with E-state index >= 15 is 0 Å². The molecule has 0 spiro atoms. The zero-order valence-corrected chi connectivity index (χ0v) is 12.0. The van der Waals surface area contributed by atoms with Gasteiger partial charge in [0.05, 0.1) is 5.69 Å². The Kier molecular flexibility index (Phi) is 4.10. The fourth-order valence-corrected chi connectivity index (χ4v) is 3.64. The molecule has 2 aliphatic rings. The zero-order valence-electron chi connectivity index (χ0n) is 12.0. The predicted molar refractivity (Wildman–Crippen MR) is 79.0 cm³/mol. The number of carboxylic acids is 1. The molecule has 5 heteroatoms. The highest BCUT2D eigenvalue weighted by molar-refractivity contribution is 5.73. The zero-order chi connectivity index (χ0) is 14.8. The number of piperidine rings is 1. The third kappa shape index (κ3) is 2.88. The number of hydrogen-bond acceptors (Lipinski definition) is 3. The molecule has 0 amide bonds. The highest BCUT2D eigenvalue weighted by Crippen LogP contribution is 2.29. The fourth-order valence-electron chi connectivity index (χ4n) is 3.64. The number of carboxylic acid groups (broad SMARTS) is 1. The number of halogens is 1. The lowest BCUT2D eigenvalue weighted by molar-refractivity contribution is -0.143. The van der Waals surface area contributed by atoms with Gasteiger partial charge >= 0.3 is 5.97 Å². The van der Waals surface area contributed by atoms with Crippen LogP contribution in [0, 0.1) is 5.82 Å². The normalized spacial score (nSPS) is 24.4. The topological polar surface area (TPSA) is 43.8 Å². The number of hydrogen-bond donors (Lipinski definition) is 1. The quantitative estimate of drug-likeness (QED) is 0.928. The minimum atomic E-state index is -0.705. The third-order valence-corrected chi connectivity index (χ3v) is 4.71. The van der Waals surface area contributed by atoms with Crippen molar-refractivity contribution in [2.24, 2.45) is 0 Å². The second-order valence-corrected chi connectivity index (χ2v) is 5.90. The van der Waals surface area contributed by atoms with E-state index in [1.165, 1.54) is 6.07 Å². The Morgan fingerprint density at radius 2 is 1.86 bits per heavy atom. The van der Waals surface area contributed by atoms with Crippen LogP contribution in [0.15, 0.2) is 24.3 Å². The summed E-state index contributed by atoms with van der Waals surface area (Å²) >= 11 is 0. The Hall–Kier alpha value is -1.62. The number of anilines is 1. The van der Waals surface area contributed by atoms with Crippen molar-refractivity contribution >= 4 is 11.7 Å². The van der Waals surface area contributed by atoms with Gasteiger partial charge in [-0.05, 0) is 44.4 Å². The number of rotatable bonds is 3. The molecule has 21 heavy (non-hydrogen) atoms. The van der Waals surface area contributed by atoms with Crippen LogP contribution in [0.25, 0.3) is 0 Å². The number of likely N-dealkylation sites (tertiary alicyclic amines) is 1. The summed E-state index contributed by atoms with van der Waals surface area (Å²) < 4.78 is 13.8. The molecule has 2 aliphatic heterocycles. The van der Waals surface area contributed by atoms with E-state index in [4.69, 9.17) is 0 Å². The standard InChI is InChI=1S/C16H21FN2O2/c17-13-4-1-2-5-14(13)18-10-7-12(8-11-18)19-9-3-6-15(19)16(20)21/h1-2,4-5,12,15H,3,6-11H2,(H,20,21)/t15-/m1/s1. The first-order valence-corrected chi connectivity index (χ1v) is 7.65. The van der Waals surface area contributed by atoms with Crippen molar-refractivity contribution < 1.29 is 14.3 Å². The Labute approximate surface area is 124 Å². The molecule has 114 valence electrons. The van der Waals surface area contributed by atoms with Crippen LogP contribution in [0.1, 0.15) is 25.7 Å². The van der Waals surface area contributed by atoms with Crippen molar-refractivity contribution in [3.63, 3.8) is 0 Å². The highest BCUT2D eigenvalue weighted by atomic mass is 19.1. The molecule has 0 bridgehead atoms. The van der Waals surface area contributed by atoms with Crippen LogP contribution in [0.5, 0.6) is 0 Å². The molecular weight excluding hydrogens is 271 g/mol. The number of benzene rings is 1. The summed E-state index contributed by atoms with van der Waals surface area (Å²) in [4.78, 5) is 15.5. The van der Waals surface area contributed by atoms with E-state index in [0.717, 1.165) is 45.3 Å². The van der Waals surface area contributed by atoms with E-state index in [9.17, 15) is 14.3 Å². The molecule has 3 rings (SSSR count). The first kappa shape index (κ1) is 14.3. The molecule has 2 heterocycles. The molecule has 0 aromatic heterocycles. The largest absolute Gasteiger partial charge is 0.480 e. The molecule has 1 N–H and O–H groups in total. The maximum atomic E-state index is 13.8. The van der Waals surface area contributed by atoms with Crippen molar-refractivity contribution in [2.45, 2.75) is 37.8 Å². The molecule has 0 saturated carbocycles. The molecule has 1 aromatic rings. The molecule has 0 aliphatic carbocycles. The monoisotopic (exact) mass is 292 g/mol. The third-order valence-electron chi connectivity index (χ3n) is 4.71. The molecule has 4 nitrogen and oxygen atoms in total. The second-order valence-electron chi connectivity index (χ2n) is 5.90. The van der Waals surface area contributed by atoms with Gasteiger partial charge in [0.15, 0.2) is 0 Å². The summed E-state index contributed by atoms with van der Waals surface area (Å²) in [6, 6.07) is 6.85. The van der Waals surface area contributed by atoms with E-state index in [1.807, 2.05) is 12.1 Å². The number of carbonyl (C=O) groups is 1. The highest BCUT2D eigenvalue weighted by Gasteiger charge is 2.36. The van der Waals surface area contributed by atoms with Crippen LogP contribution in [0.3, 0.4) is 0 Å². The molecule has 2 saturated heterocycles. The van der Waals surface area contributed by atoms with Crippen LogP contribution < -0.4 is 4.90 Å². The maximum Gasteiger partial charge on any atom is 0.320 e. The number of nitrogens with zero attached hydrogens (tertiary/aromatic N) is 2. The lowest BCUT2D eigenvalue weighted by Crippen LogP contribution is -2.49. The molecule has 0 radical (unpaired) electrons. The summed E-state index contributed by atoms with van der Waals surface area (Å²) in [5, 5.41) is 9.28. The molecule has 2 fully saturated rings. The van der Waals surface area contributed by atoms with Gasteiger partial charge in [-0.25, -0.2) is 4.39 Å². The van der Waals surface area contributed by atoms with Crippen molar-refractivity contribution in [3.05, 3.63) is 30.1 Å².